The molecule has 124 valence electrons. The van der Waals surface area contributed by atoms with Crippen molar-refractivity contribution in [2.24, 2.45) is 0 Å². The predicted octanol–water partition coefficient (Wildman–Crippen LogP) is 0.525. The maximum absolute atomic E-state index is 11.6. The lowest BCUT2D eigenvalue weighted by molar-refractivity contribution is 0.0946. The van der Waals surface area contributed by atoms with Crippen molar-refractivity contribution in [1.29, 1.82) is 0 Å². The molecule has 0 aromatic carbocycles. The molecule has 0 saturated carbocycles. The van der Waals surface area contributed by atoms with Gasteiger partial charge in [-0.15, -0.1) is 0 Å². The van der Waals surface area contributed by atoms with Crippen LogP contribution in [0, 0.1) is 0 Å². The smallest absolute Gasteiger partial charge is 0.409 e. The standard InChI is InChI=1S/C13H27N3O4S/c1-5-20-12(17)16-8-6-11(7-9-16)14-10-13(2,3)15-21(4,18)19/h11,14-15H,5-10H2,1-4H3. The van der Waals surface area contributed by atoms with Gasteiger partial charge < -0.3 is 15.0 Å². The highest BCUT2D eigenvalue weighted by molar-refractivity contribution is 7.88. The van der Waals surface area contributed by atoms with Crippen LogP contribution in [0.2, 0.25) is 0 Å². The molecular formula is C13H27N3O4S. The first kappa shape index (κ1) is 18.2. The normalized spacial score (nSPS) is 17.8. The lowest BCUT2D eigenvalue weighted by Gasteiger charge is -2.34. The maximum atomic E-state index is 11.6. The second-order valence-electron chi connectivity index (χ2n) is 6.10. The van der Waals surface area contributed by atoms with E-state index in [4.69, 9.17) is 4.74 Å². The van der Waals surface area contributed by atoms with E-state index in [2.05, 4.69) is 10.0 Å². The van der Waals surface area contributed by atoms with Crippen molar-refractivity contribution >= 4 is 16.1 Å². The van der Waals surface area contributed by atoms with Crippen molar-refractivity contribution in [3.63, 3.8) is 0 Å². The Morgan fingerprint density at radius 2 is 1.90 bits per heavy atom. The molecule has 1 heterocycles. The number of piperidine rings is 1. The number of sulfonamides is 1. The van der Waals surface area contributed by atoms with Gasteiger partial charge in [0.2, 0.25) is 10.0 Å². The van der Waals surface area contributed by atoms with E-state index in [1.807, 2.05) is 13.8 Å². The second-order valence-corrected chi connectivity index (χ2v) is 7.85. The Bertz CT molecular complexity index is 442. The molecule has 1 rings (SSSR count). The number of carbonyl (C=O) groups excluding carboxylic acids is 1. The summed E-state index contributed by atoms with van der Waals surface area (Å²) >= 11 is 0. The van der Waals surface area contributed by atoms with Crippen molar-refractivity contribution in [1.82, 2.24) is 14.9 Å². The van der Waals surface area contributed by atoms with Gasteiger partial charge in [0.25, 0.3) is 0 Å². The van der Waals surface area contributed by atoms with Crippen LogP contribution in [0.4, 0.5) is 4.79 Å². The third kappa shape index (κ3) is 7.10. The van der Waals surface area contributed by atoms with Gasteiger partial charge in [0, 0.05) is 31.2 Å². The zero-order valence-corrected chi connectivity index (χ0v) is 14.1. The Morgan fingerprint density at radius 3 is 2.38 bits per heavy atom. The molecule has 0 radical (unpaired) electrons. The molecule has 0 atom stereocenters. The zero-order valence-electron chi connectivity index (χ0n) is 13.3. The van der Waals surface area contributed by atoms with Crippen LogP contribution < -0.4 is 10.0 Å². The fraction of sp³-hybridized carbons (Fsp3) is 0.923. The third-order valence-electron chi connectivity index (χ3n) is 3.32. The van der Waals surface area contributed by atoms with E-state index in [0.29, 0.717) is 26.2 Å². The molecule has 0 aromatic rings. The zero-order chi connectivity index (χ0) is 16.1. The molecule has 0 aromatic heterocycles. The highest BCUT2D eigenvalue weighted by Crippen LogP contribution is 2.12. The molecule has 0 aliphatic carbocycles. The first-order chi connectivity index (χ1) is 9.63. The van der Waals surface area contributed by atoms with Crippen molar-refractivity contribution < 1.29 is 17.9 Å². The number of amides is 1. The lowest BCUT2D eigenvalue weighted by Crippen LogP contribution is -2.53. The summed E-state index contributed by atoms with van der Waals surface area (Å²) in [5.74, 6) is 0. The molecular weight excluding hydrogens is 294 g/mol. The maximum Gasteiger partial charge on any atom is 0.409 e. The summed E-state index contributed by atoms with van der Waals surface area (Å²) < 4.78 is 30.1. The van der Waals surface area contributed by atoms with E-state index in [9.17, 15) is 13.2 Å². The molecule has 2 N–H and O–H groups in total. The first-order valence-electron chi connectivity index (χ1n) is 7.27. The van der Waals surface area contributed by atoms with Gasteiger partial charge in [-0.2, -0.15) is 0 Å². The molecule has 1 aliphatic rings. The van der Waals surface area contributed by atoms with Crippen molar-refractivity contribution in [3.8, 4) is 0 Å². The summed E-state index contributed by atoms with van der Waals surface area (Å²) in [6, 6.07) is 0.288. The Morgan fingerprint density at radius 1 is 1.33 bits per heavy atom. The van der Waals surface area contributed by atoms with E-state index in [1.165, 1.54) is 0 Å². The molecule has 1 fully saturated rings. The number of ether oxygens (including phenoxy) is 1. The van der Waals surface area contributed by atoms with E-state index in [0.717, 1.165) is 19.1 Å². The highest BCUT2D eigenvalue weighted by atomic mass is 32.2. The minimum absolute atomic E-state index is 0.255. The van der Waals surface area contributed by atoms with Crippen molar-refractivity contribution in [2.45, 2.75) is 45.2 Å². The fourth-order valence-corrected chi connectivity index (χ4v) is 3.49. The van der Waals surface area contributed by atoms with Crippen molar-refractivity contribution in [2.75, 3.05) is 32.5 Å². The number of nitrogens with zero attached hydrogens (tertiary/aromatic N) is 1. The summed E-state index contributed by atoms with van der Waals surface area (Å²) in [6.45, 7) is 7.74. The minimum atomic E-state index is -3.22. The monoisotopic (exact) mass is 321 g/mol. The van der Waals surface area contributed by atoms with Gasteiger partial charge in [0.05, 0.1) is 12.9 Å². The largest absolute Gasteiger partial charge is 0.450 e. The molecule has 0 spiro atoms. The molecule has 8 heteroatoms. The third-order valence-corrected chi connectivity index (χ3v) is 4.24. The predicted molar refractivity (Wildman–Crippen MR) is 81.7 cm³/mol. The number of likely N-dealkylation sites (tertiary alicyclic amines) is 1. The Labute approximate surface area is 127 Å². The summed E-state index contributed by atoms with van der Waals surface area (Å²) in [5.41, 5.74) is -0.536. The van der Waals surface area contributed by atoms with Crippen LogP contribution in [0.25, 0.3) is 0 Å². The molecule has 1 amide bonds. The molecule has 1 aliphatic heterocycles. The van der Waals surface area contributed by atoms with E-state index >= 15 is 0 Å². The molecule has 0 bridgehead atoms. The number of nitrogens with one attached hydrogen (secondary N) is 2. The van der Waals surface area contributed by atoms with Gasteiger partial charge in [-0.05, 0) is 33.6 Å². The number of hydrogen-bond donors (Lipinski definition) is 2. The summed E-state index contributed by atoms with van der Waals surface area (Å²) in [4.78, 5) is 13.3. The lowest BCUT2D eigenvalue weighted by atomic mass is 10.0. The van der Waals surface area contributed by atoms with Gasteiger partial charge in [-0.1, -0.05) is 0 Å². The van der Waals surface area contributed by atoms with Crippen LogP contribution >= 0.6 is 0 Å². The van der Waals surface area contributed by atoms with E-state index in [1.54, 1.807) is 11.8 Å². The van der Waals surface area contributed by atoms with Crippen LogP contribution in [0.15, 0.2) is 0 Å². The topological polar surface area (TPSA) is 87.7 Å². The van der Waals surface area contributed by atoms with E-state index in [-0.39, 0.29) is 12.1 Å². The van der Waals surface area contributed by atoms with Crippen LogP contribution in [0.5, 0.6) is 0 Å². The first-order valence-corrected chi connectivity index (χ1v) is 9.16. The van der Waals surface area contributed by atoms with E-state index < -0.39 is 15.6 Å². The summed E-state index contributed by atoms with van der Waals surface area (Å²) in [7, 11) is -3.22. The van der Waals surface area contributed by atoms with Gasteiger partial charge in [0.15, 0.2) is 0 Å². The molecule has 1 saturated heterocycles. The average Bonchev–Trinajstić information content (AvgIpc) is 2.34. The Balaban J connectivity index is 2.34. The van der Waals surface area contributed by atoms with Crippen LogP contribution in [0.3, 0.4) is 0 Å². The summed E-state index contributed by atoms with van der Waals surface area (Å²) in [6.07, 6.45) is 2.59. The fourth-order valence-electron chi connectivity index (χ4n) is 2.42. The van der Waals surface area contributed by atoms with Crippen LogP contribution in [0.1, 0.15) is 33.6 Å². The van der Waals surface area contributed by atoms with Gasteiger partial charge in [0.1, 0.15) is 0 Å². The number of carbonyl (C=O) groups is 1. The van der Waals surface area contributed by atoms with Gasteiger partial charge in [-0.3, -0.25) is 0 Å². The summed E-state index contributed by atoms with van der Waals surface area (Å²) in [5, 5.41) is 3.37. The highest BCUT2D eigenvalue weighted by Gasteiger charge is 2.26. The minimum Gasteiger partial charge on any atom is -0.450 e. The number of rotatable bonds is 6. The Hall–Kier alpha value is -0.860. The average molecular weight is 321 g/mol. The second kappa shape index (κ2) is 7.42. The molecule has 0 unspecified atom stereocenters. The molecule has 21 heavy (non-hydrogen) atoms. The molecule has 7 nitrogen and oxygen atoms in total. The Kier molecular flexibility index (Phi) is 6.42. The SMILES string of the molecule is CCOC(=O)N1CCC(NCC(C)(C)NS(C)(=O)=O)CC1. The van der Waals surface area contributed by atoms with Crippen LogP contribution in [-0.4, -0.2) is 63.5 Å². The quantitative estimate of drug-likeness (QED) is 0.745. The van der Waals surface area contributed by atoms with Crippen LogP contribution in [-0.2, 0) is 14.8 Å². The van der Waals surface area contributed by atoms with Gasteiger partial charge >= 0.3 is 6.09 Å². The number of hydrogen-bond acceptors (Lipinski definition) is 5. The van der Waals surface area contributed by atoms with Crippen molar-refractivity contribution in [3.05, 3.63) is 0 Å². The van der Waals surface area contributed by atoms with Gasteiger partial charge in [-0.25, -0.2) is 17.9 Å².